The van der Waals surface area contributed by atoms with Crippen LogP contribution in [0.1, 0.15) is 37.3 Å². The lowest BCUT2D eigenvalue weighted by Crippen LogP contribution is -2.41. The summed E-state index contributed by atoms with van der Waals surface area (Å²) in [5, 5.41) is 10.7. The molecule has 2 aromatic rings. The van der Waals surface area contributed by atoms with Gasteiger partial charge in [0.25, 0.3) is 5.69 Å². The number of nitrogens with zero attached hydrogens (tertiary/aromatic N) is 2. The van der Waals surface area contributed by atoms with Crippen LogP contribution in [0.25, 0.3) is 0 Å². The number of nitro groups is 1. The maximum Gasteiger partial charge on any atom is 0.324 e. The van der Waals surface area contributed by atoms with Crippen LogP contribution in [-0.4, -0.2) is 36.2 Å². The molecule has 0 spiro atoms. The predicted octanol–water partition coefficient (Wildman–Crippen LogP) is 3.44. The van der Waals surface area contributed by atoms with Gasteiger partial charge >= 0.3 is 5.97 Å². The van der Waals surface area contributed by atoms with E-state index in [2.05, 4.69) is 6.92 Å². The normalized spacial score (nSPS) is 17.0. The minimum absolute atomic E-state index is 0.0527. The molecule has 0 saturated carbocycles. The molecule has 0 radical (unpaired) electrons. The molecule has 160 valence electrons. The van der Waals surface area contributed by atoms with Gasteiger partial charge in [-0.25, -0.2) is 8.42 Å². The van der Waals surface area contributed by atoms with Gasteiger partial charge in [0.1, 0.15) is 12.6 Å². The molecule has 8 nitrogen and oxygen atoms in total. The van der Waals surface area contributed by atoms with E-state index in [9.17, 15) is 23.3 Å². The van der Waals surface area contributed by atoms with Crippen LogP contribution in [0.3, 0.4) is 0 Å². The number of nitro benzene ring substituents is 1. The Morgan fingerprint density at radius 1 is 1.13 bits per heavy atom. The molecule has 0 aromatic heterocycles. The first-order valence-electron chi connectivity index (χ1n) is 9.83. The molecular weight excluding hydrogens is 408 g/mol. The van der Waals surface area contributed by atoms with E-state index >= 15 is 0 Å². The van der Waals surface area contributed by atoms with Gasteiger partial charge < -0.3 is 4.74 Å². The van der Waals surface area contributed by atoms with Crippen LogP contribution in [0.2, 0.25) is 0 Å². The van der Waals surface area contributed by atoms with Gasteiger partial charge in [-0.3, -0.25) is 14.9 Å². The van der Waals surface area contributed by atoms with Crippen molar-refractivity contribution in [2.75, 3.05) is 6.54 Å². The van der Waals surface area contributed by atoms with E-state index in [4.69, 9.17) is 4.74 Å². The highest BCUT2D eigenvalue weighted by molar-refractivity contribution is 7.89. The highest BCUT2D eigenvalue weighted by atomic mass is 32.2. The van der Waals surface area contributed by atoms with Crippen molar-refractivity contribution in [3.05, 3.63) is 69.8 Å². The Labute approximate surface area is 175 Å². The molecule has 1 atom stereocenters. The second kappa shape index (κ2) is 9.36. The van der Waals surface area contributed by atoms with Crippen molar-refractivity contribution in [3.63, 3.8) is 0 Å². The maximum atomic E-state index is 13.0. The average molecular weight is 432 g/mol. The number of carbonyl (C=O) groups excluding carboxylic acids is 1. The minimum Gasteiger partial charge on any atom is -0.460 e. The lowest BCUT2D eigenvalue weighted by molar-refractivity contribution is -0.384. The fraction of sp³-hybridized carbons (Fsp3) is 0.381. The van der Waals surface area contributed by atoms with E-state index in [1.54, 1.807) is 24.3 Å². The summed E-state index contributed by atoms with van der Waals surface area (Å²) < 4.78 is 32.6. The Morgan fingerprint density at radius 3 is 2.37 bits per heavy atom. The van der Waals surface area contributed by atoms with E-state index in [0.717, 1.165) is 18.4 Å². The van der Waals surface area contributed by atoms with E-state index in [-0.39, 0.29) is 23.7 Å². The number of benzene rings is 2. The molecule has 2 aromatic carbocycles. The van der Waals surface area contributed by atoms with Crippen molar-refractivity contribution < 1.29 is 22.9 Å². The maximum absolute atomic E-state index is 13.0. The quantitative estimate of drug-likeness (QED) is 0.359. The second-order valence-electron chi connectivity index (χ2n) is 7.20. The highest BCUT2D eigenvalue weighted by Gasteiger charge is 2.40. The highest BCUT2D eigenvalue weighted by Crippen LogP contribution is 2.27. The number of rotatable bonds is 8. The lowest BCUT2D eigenvalue weighted by atomic mass is 10.1. The third-order valence-corrected chi connectivity index (χ3v) is 7.00. The van der Waals surface area contributed by atoms with Crippen LogP contribution in [0.5, 0.6) is 0 Å². The van der Waals surface area contributed by atoms with Gasteiger partial charge in [-0.2, -0.15) is 4.31 Å². The SMILES string of the molecule is CCCc1ccc(S(=O)(=O)N2CCCC2C(=O)OCc2ccc([N+](=O)[O-])cc2)cc1. The van der Waals surface area contributed by atoms with E-state index < -0.39 is 27.0 Å². The van der Waals surface area contributed by atoms with Gasteiger partial charge in [-0.1, -0.05) is 25.5 Å². The monoisotopic (exact) mass is 432 g/mol. The number of carbonyl (C=O) groups is 1. The molecule has 1 heterocycles. The van der Waals surface area contributed by atoms with Crippen molar-refractivity contribution in [2.45, 2.75) is 50.2 Å². The molecule has 1 fully saturated rings. The van der Waals surface area contributed by atoms with Crippen molar-refractivity contribution in [1.82, 2.24) is 4.31 Å². The predicted molar refractivity (Wildman–Crippen MR) is 110 cm³/mol. The zero-order chi connectivity index (χ0) is 21.7. The summed E-state index contributed by atoms with van der Waals surface area (Å²) in [6.45, 7) is 2.24. The Hall–Kier alpha value is -2.78. The summed E-state index contributed by atoms with van der Waals surface area (Å²) in [5.41, 5.74) is 1.60. The van der Waals surface area contributed by atoms with E-state index in [0.29, 0.717) is 18.4 Å². The standard InChI is InChI=1S/C21H24N2O6S/c1-2-4-16-8-12-19(13-9-16)30(27,28)22-14-3-5-20(22)21(24)29-15-17-6-10-18(11-7-17)23(25)26/h6-13,20H,2-5,14-15H2,1H3. The van der Waals surface area contributed by atoms with Gasteiger partial charge in [-0.05, 0) is 54.7 Å². The van der Waals surface area contributed by atoms with Crippen molar-refractivity contribution >= 4 is 21.7 Å². The topological polar surface area (TPSA) is 107 Å². The molecular formula is C21H24N2O6S. The van der Waals surface area contributed by atoms with Crippen LogP contribution >= 0.6 is 0 Å². The lowest BCUT2D eigenvalue weighted by Gasteiger charge is -2.23. The van der Waals surface area contributed by atoms with Crippen LogP contribution in [-0.2, 0) is 32.6 Å². The number of sulfonamides is 1. The second-order valence-corrected chi connectivity index (χ2v) is 9.09. The average Bonchev–Trinajstić information content (AvgIpc) is 3.24. The van der Waals surface area contributed by atoms with Crippen molar-refractivity contribution in [3.8, 4) is 0 Å². The fourth-order valence-electron chi connectivity index (χ4n) is 3.48. The molecule has 1 aliphatic heterocycles. The molecule has 9 heteroatoms. The first kappa shape index (κ1) is 21.9. The van der Waals surface area contributed by atoms with Gasteiger partial charge in [0.15, 0.2) is 0 Å². The summed E-state index contributed by atoms with van der Waals surface area (Å²) in [5.74, 6) is -0.614. The summed E-state index contributed by atoms with van der Waals surface area (Å²) in [4.78, 5) is 22.9. The molecule has 0 aliphatic carbocycles. The number of hydrogen-bond acceptors (Lipinski definition) is 6. The molecule has 1 saturated heterocycles. The summed E-state index contributed by atoms with van der Waals surface area (Å²) in [6.07, 6.45) is 2.82. The van der Waals surface area contributed by atoms with Gasteiger partial charge in [0.05, 0.1) is 9.82 Å². The fourth-order valence-corrected chi connectivity index (χ4v) is 5.13. The molecule has 3 rings (SSSR count). The summed E-state index contributed by atoms with van der Waals surface area (Å²) >= 11 is 0. The molecule has 1 unspecified atom stereocenters. The Morgan fingerprint density at radius 2 is 1.77 bits per heavy atom. The van der Waals surface area contributed by atoms with Crippen LogP contribution in [0.15, 0.2) is 53.4 Å². The summed E-state index contributed by atoms with van der Waals surface area (Å²) in [6, 6.07) is 11.6. The number of esters is 1. The molecule has 0 amide bonds. The van der Waals surface area contributed by atoms with Crippen molar-refractivity contribution in [1.29, 1.82) is 0 Å². The molecule has 0 bridgehead atoms. The smallest absolute Gasteiger partial charge is 0.324 e. The van der Waals surface area contributed by atoms with Crippen LogP contribution in [0, 0.1) is 10.1 Å². The van der Waals surface area contributed by atoms with Gasteiger partial charge in [0, 0.05) is 18.7 Å². The Bertz CT molecular complexity index is 1000. The number of hydrogen-bond donors (Lipinski definition) is 0. The number of ether oxygens (including phenoxy) is 1. The van der Waals surface area contributed by atoms with Gasteiger partial charge in [-0.15, -0.1) is 0 Å². The largest absolute Gasteiger partial charge is 0.460 e. The first-order valence-corrected chi connectivity index (χ1v) is 11.3. The van der Waals surface area contributed by atoms with E-state index in [1.807, 2.05) is 0 Å². The minimum atomic E-state index is -3.81. The first-order chi connectivity index (χ1) is 14.3. The van der Waals surface area contributed by atoms with Gasteiger partial charge in [0.2, 0.25) is 10.0 Å². The zero-order valence-corrected chi connectivity index (χ0v) is 17.5. The molecule has 30 heavy (non-hydrogen) atoms. The van der Waals surface area contributed by atoms with E-state index in [1.165, 1.54) is 28.6 Å². The Balaban J connectivity index is 1.67. The van der Waals surface area contributed by atoms with Crippen LogP contribution in [0.4, 0.5) is 5.69 Å². The third kappa shape index (κ3) is 4.85. The summed E-state index contributed by atoms with van der Waals surface area (Å²) in [7, 11) is -3.81. The zero-order valence-electron chi connectivity index (χ0n) is 16.7. The Kier molecular flexibility index (Phi) is 6.84. The molecule has 1 aliphatic rings. The molecule has 0 N–H and O–H groups in total. The van der Waals surface area contributed by atoms with Crippen LogP contribution < -0.4 is 0 Å². The number of aryl methyl sites for hydroxylation is 1. The van der Waals surface area contributed by atoms with Crippen molar-refractivity contribution in [2.24, 2.45) is 0 Å². The number of non-ortho nitro benzene ring substituents is 1. The third-order valence-electron chi connectivity index (χ3n) is 5.07.